The molecule has 0 saturated heterocycles. The van der Waals surface area contributed by atoms with Crippen molar-refractivity contribution in [1.29, 1.82) is 0 Å². The minimum atomic E-state index is -0.0190. The van der Waals surface area contributed by atoms with E-state index in [1.54, 1.807) is 18.4 Å². The van der Waals surface area contributed by atoms with Gasteiger partial charge in [-0.2, -0.15) is 0 Å². The van der Waals surface area contributed by atoms with Gasteiger partial charge in [-0.15, -0.1) is 11.3 Å². The summed E-state index contributed by atoms with van der Waals surface area (Å²) < 4.78 is 10.8. The third kappa shape index (κ3) is 4.93. The highest BCUT2D eigenvalue weighted by Crippen LogP contribution is 2.30. The molecule has 0 aliphatic heterocycles. The van der Waals surface area contributed by atoms with Crippen LogP contribution in [0, 0.1) is 0 Å². The van der Waals surface area contributed by atoms with Gasteiger partial charge in [-0.05, 0) is 24.6 Å². The van der Waals surface area contributed by atoms with Gasteiger partial charge in [-0.1, -0.05) is 19.9 Å². The van der Waals surface area contributed by atoms with Crippen LogP contribution in [0.2, 0.25) is 0 Å². The molecule has 0 unspecified atom stereocenters. The standard InChI is InChI=1S/C18H26N2O3S/c1-12(2)18-20-15(11-24-18)10-19-13(3)14-5-6-16(23-8-7-21)17(9-14)22-4/h5-6,9,11-13,19,21H,7-8,10H2,1-4H3/t13-/m1/s1. The van der Waals surface area contributed by atoms with Crippen LogP contribution in [-0.2, 0) is 6.54 Å². The Morgan fingerprint density at radius 1 is 1.25 bits per heavy atom. The fourth-order valence-corrected chi connectivity index (χ4v) is 3.11. The van der Waals surface area contributed by atoms with Crippen molar-refractivity contribution >= 4 is 11.3 Å². The Labute approximate surface area is 147 Å². The highest BCUT2D eigenvalue weighted by Gasteiger charge is 2.12. The highest BCUT2D eigenvalue weighted by molar-refractivity contribution is 7.09. The lowest BCUT2D eigenvalue weighted by Crippen LogP contribution is -2.18. The normalized spacial score (nSPS) is 12.4. The molecule has 24 heavy (non-hydrogen) atoms. The van der Waals surface area contributed by atoms with E-state index < -0.39 is 0 Å². The van der Waals surface area contributed by atoms with E-state index >= 15 is 0 Å². The van der Waals surface area contributed by atoms with E-state index in [1.165, 1.54) is 5.01 Å². The number of hydrogen-bond donors (Lipinski definition) is 2. The van der Waals surface area contributed by atoms with Crippen LogP contribution in [0.1, 0.15) is 49.0 Å². The number of rotatable bonds is 9. The van der Waals surface area contributed by atoms with Gasteiger partial charge < -0.3 is 19.9 Å². The Morgan fingerprint density at radius 2 is 2.04 bits per heavy atom. The number of nitrogens with one attached hydrogen (secondary N) is 1. The molecule has 2 N–H and O–H groups in total. The Bertz CT molecular complexity index is 643. The summed E-state index contributed by atoms with van der Waals surface area (Å²) in [6.45, 7) is 7.39. The first kappa shape index (κ1) is 18.7. The van der Waals surface area contributed by atoms with Crippen LogP contribution in [0.15, 0.2) is 23.6 Å². The molecule has 0 saturated carbocycles. The van der Waals surface area contributed by atoms with Gasteiger partial charge in [0.25, 0.3) is 0 Å². The SMILES string of the molecule is COc1cc([C@@H](C)NCc2csc(C(C)C)n2)ccc1OCCO. The first-order valence-corrected chi connectivity index (χ1v) is 9.02. The molecule has 0 amide bonds. The smallest absolute Gasteiger partial charge is 0.161 e. The van der Waals surface area contributed by atoms with Crippen molar-refractivity contribution < 1.29 is 14.6 Å². The number of thiazole rings is 1. The van der Waals surface area contributed by atoms with Crippen LogP contribution in [0.25, 0.3) is 0 Å². The summed E-state index contributed by atoms with van der Waals surface area (Å²) in [6.07, 6.45) is 0. The molecule has 1 aromatic carbocycles. The van der Waals surface area contributed by atoms with Crippen LogP contribution in [0.4, 0.5) is 0 Å². The number of hydrogen-bond acceptors (Lipinski definition) is 6. The lowest BCUT2D eigenvalue weighted by molar-refractivity contribution is 0.196. The number of benzene rings is 1. The number of nitrogens with zero attached hydrogens (tertiary/aromatic N) is 1. The Morgan fingerprint density at radius 3 is 2.67 bits per heavy atom. The zero-order valence-electron chi connectivity index (χ0n) is 14.7. The van der Waals surface area contributed by atoms with Crippen LogP contribution in [0.3, 0.4) is 0 Å². The quantitative estimate of drug-likeness (QED) is 0.725. The predicted octanol–water partition coefficient (Wildman–Crippen LogP) is 3.50. The Kier molecular flexibility index (Phi) is 7.02. The molecular weight excluding hydrogens is 324 g/mol. The van der Waals surface area contributed by atoms with Crippen molar-refractivity contribution in [1.82, 2.24) is 10.3 Å². The number of aliphatic hydroxyl groups is 1. The Balaban J connectivity index is 1.99. The van der Waals surface area contributed by atoms with E-state index in [0.717, 1.165) is 17.8 Å². The summed E-state index contributed by atoms with van der Waals surface area (Å²) in [5.41, 5.74) is 2.19. The average molecular weight is 350 g/mol. The second-order valence-electron chi connectivity index (χ2n) is 5.92. The van der Waals surface area contributed by atoms with E-state index in [1.807, 2.05) is 18.2 Å². The first-order valence-electron chi connectivity index (χ1n) is 8.14. The summed E-state index contributed by atoms with van der Waals surface area (Å²) in [5.74, 6) is 1.78. The zero-order chi connectivity index (χ0) is 17.5. The zero-order valence-corrected chi connectivity index (χ0v) is 15.5. The van der Waals surface area contributed by atoms with Gasteiger partial charge in [0, 0.05) is 23.9 Å². The molecule has 0 fully saturated rings. The minimum Gasteiger partial charge on any atom is -0.493 e. The van der Waals surface area contributed by atoms with Crippen LogP contribution < -0.4 is 14.8 Å². The summed E-state index contributed by atoms with van der Waals surface area (Å²) >= 11 is 1.71. The summed E-state index contributed by atoms with van der Waals surface area (Å²) in [7, 11) is 1.62. The van der Waals surface area contributed by atoms with Gasteiger partial charge in [0.05, 0.1) is 24.4 Å². The van der Waals surface area contributed by atoms with Gasteiger partial charge >= 0.3 is 0 Å². The van der Waals surface area contributed by atoms with Gasteiger partial charge in [0.2, 0.25) is 0 Å². The molecule has 132 valence electrons. The fourth-order valence-electron chi connectivity index (χ4n) is 2.27. The first-order chi connectivity index (χ1) is 11.5. The number of aromatic nitrogens is 1. The molecule has 0 radical (unpaired) electrons. The molecule has 0 aliphatic rings. The highest BCUT2D eigenvalue weighted by atomic mass is 32.1. The van der Waals surface area contributed by atoms with Crippen LogP contribution >= 0.6 is 11.3 Å². The maximum absolute atomic E-state index is 8.87. The van der Waals surface area contributed by atoms with Crippen molar-refractivity contribution in [2.24, 2.45) is 0 Å². The topological polar surface area (TPSA) is 63.6 Å². The van der Waals surface area contributed by atoms with Gasteiger partial charge in [-0.3, -0.25) is 0 Å². The second-order valence-corrected chi connectivity index (χ2v) is 6.81. The molecule has 1 heterocycles. The maximum Gasteiger partial charge on any atom is 0.161 e. The third-order valence-electron chi connectivity index (χ3n) is 3.69. The van der Waals surface area contributed by atoms with Gasteiger partial charge in [0.15, 0.2) is 11.5 Å². The van der Waals surface area contributed by atoms with E-state index in [9.17, 15) is 0 Å². The minimum absolute atomic E-state index is 0.0190. The summed E-state index contributed by atoms with van der Waals surface area (Å²) in [5, 5.41) is 15.6. The second kappa shape index (κ2) is 9.01. The molecule has 0 spiro atoms. The number of aliphatic hydroxyl groups excluding tert-OH is 1. The van der Waals surface area contributed by atoms with Crippen molar-refractivity contribution in [2.45, 2.75) is 39.3 Å². The molecule has 6 heteroatoms. The fraction of sp³-hybridized carbons (Fsp3) is 0.500. The van der Waals surface area contributed by atoms with E-state index in [0.29, 0.717) is 17.4 Å². The molecule has 0 bridgehead atoms. The van der Waals surface area contributed by atoms with Crippen molar-refractivity contribution in [2.75, 3.05) is 20.3 Å². The lowest BCUT2D eigenvalue weighted by atomic mass is 10.1. The van der Waals surface area contributed by atoms with E-state index in [2.05, 4.69) is 36.5 Å². The number of methoxy groups -OCH3 is 1. The van der Waals surface area contributed by atoms with E-state index in [-0.39, 0.29) is 19.3 Å². The molecule has 0 aliphatic carbocycles. The third-order valence-corrected chi connectivity index (χ3v) is 4.88. The van der Waals surface area contributed by atoms with Gasteiger partial charge in [-0.25, -0.2) is 4.98 Å². The summed E-state index contributed by atoms with van der Waals surface area (Å²) in [4.78, 5) is 4.64. The van der Waals surface area contributed by atoms with E-state index in [4.69, 9.17) is 14.6 Å². The molecule has 2 rings (SSSR count). The van der Waals surface area contributed by atoms with Crippen LogP contribution in [0.5, 0.6) is 11.5 Å². The lowest BCUT2D eigenvalue weighted by Gasteiger charge is -2.16. The predicted molar refractivity (Wildman–Crippen MR) is 97.0 cm³/mol. The van der Waals surface area contributed by atoms with Crippen molar-refractivity contribution in [3.8, 4) is 11.5 Å². The van der Waals surface area contributed by atoms with Crippen molar-refractivity contribution in [3.63, 3.8) is 0 Å². The maximum atomic E-state index is 8.87. The summed E-state index contributed by atoms with van der Waals surface area (Å²) in [6, 6.07) is 6.01. The van der Waals surface area contributed by atoms with Gasteiger partial charge in [0.1, 0.15) is 6.61 Å². The Hall–Kier alpha value is -1.63. The van der Waals surface area contributed by atoms with Crippen molar-refractivity contribution in [3.05, 3.63) is 39.8 Å². The number of ether oxygens (including phenoxy) is 2. The molecular formula is C18H26N2O3S. The largest absolute Gasteiger partial charge is 0.493 e. The van der Waals surface area contributed by atoms with Crippen LogP contribution in [-0.4, -0.2) is 30.4 Å². The molecule has 2 aromatic rings. The molecule has 1 aromatic heterocycles. The average Bonchev–Trinajstić information content (AvgIpc) is 3.07. The molecule has 1 atom stereocenters. The monoisotopic (exact) mass is 350 g/mol. The molecule has 5 nitrogen and oxygen atoms in total.